The number of hydrogen-bond acceptors (Lipinski definition) is 8. The van der Waals surface area contributed by atoms with Crippen LogP contribution in [0.15, 0.2) is 40.9 Å². The lowest BCUT2D eigenvalue weighted by molar-refractivity contribution is -0.121. The summed E-state index contributed by atoms with van der Waals surface area (Å²) in [6, 6.07) is 12.8. The van der Waals surface area contributed by atoms with Gasteiger partial charge in [-0.2, -0.15) is 10.2 Å². The van der Waals surface area contributed by atoms with Crippen LogP contribution in [0.3, 0.4) is 0 Å². The van der Waals surface area contributed by atoms with Gasteiger partial charge >= 0.3 is 0 Å². The maximum atomic E-state index is 12.5. The molecule has 8 nitrogen and oxygen atoms in total. The zero-order valence-corrected chi connectivity index (χ0v) is 18.1. The standard InChI is InChI=1S/C24H25N5O3/c1-14(2)31-21-7-6-15(12-16(21)13-26)24-28-23(29-32-24)19-5-3-4-18-17(19)9-11-27-22(18)20(30)8-10-25/h3-7,12,14,22,27H,8-11,25H2,1-2H3. The highest BCUT2D eigenvalue weighted by Crippen LogP contribution is 2.33. The molecule has 2 aromatic carbocycles. The maximum Gasteiger partial charge on any atom is 0.258 e. The van der Waals surface area contributed by atoms with Gasteiger partial charge in [0.05, 0.1) is 17.7 Å². The van der Waals surface area contributed by atoms with Crippen molar-refractivity contribution in [3.05, 3.63) is 53.1 Å². The lowest BCUT2D eigenvalue weighted by Gasteiger charge is -2.27. The second-order valence-electron chi connectivity index (χ2n) is 7.93. The van der Waals surface area contributed by atoms with E-state index in [2.05, 4.69) is 21.5 Å². The van der Waals surface area contributed by atoms with E-state index in [1.807, 2.05) is 32.0 Å². The molecule has 1 unspecified atom stereocenters. The number of fused-ring (bicyclic) bond motifs is 1. The highest BCUT2D eigenvalue weighted by molar-refractivity contribution is 5.87. The zero-order valence-electron chi connectivity index (χ0n) is 18.1. The van der Waals surface area contributed by atoms with E-state index < -0.39 is 0 Å². The summed E-state index contributed by atoms with van der Waals surface area (Å²) in [6.07, 6.45) is 1.04. The van der Waals surface area contributed by atoms with E-state index in [0.29, 0.717) is 48.1 Å². The molecule has 0 spiro atoms. The summed E-state index contributed by atoms with van der Waals surface area (Å²) in [6.45, 7) is 4.82. The summed E-state index contributed by atoms with van der Waals surface area (Å²) in [5.74, 6) is 1.36. The van der Waals surface area contributed by atoms with Gasteiger partial charge in [-0.3, -0.25) is 4.79 Å². The molecule has 0 saturated carbocycles. The Morgan fingerprint density at radius 3 is 2.97 bits per heavy atom. The summed E-state index contributed by atoms with van der Waals surface area (Å²) in [5.41, 5.74) is 9.42. The third kappa shape index (κ3) is 4.26. The Morgan fingerprint density at radius 2 is 2.22 bits per heavy atom. The van der Waals surface area contributed by atoms with E-state index in [-0.39, 0.29) is 17.9 Å². The van der Waals surface area contributed by atoms with Crippen LogP contribution in [0.1, 0.15) is 43.0 Å². The van der Waals surface area contributed by atoms with Gasteiger partial charge in [0.1, 0.15) is 11.8 Å². The fraction of sp³-hybridized carbons (Fsp3) is 0.333. The van der Waals surface area contributed by atoms with Gasteiger partial charge in [-0.1, -0.05) is 23.4 Å². The molecule has 0 saturated heterocycles. The van der Waals surface area contributed by atoms with Crippen molar-refractivity contribution in [1.29, 1.82) is 5.26 Å². The van der Waals surface area contributed by atoms with E-state index in [9.17, 15) is 10.1 Å². The molecule has 164 valence electrons. The molecule has 0 radical (unpaired) electrons. The van der Waals surface area contributed by atoms with Crippen molar-refractivity contribution in [2.24, 2.45) is 5.73 Å². The Morgan fingerprint density at radius 1 is 1.38 bits per heavy atom. The van der Waals surface area contributed by atoms with Gasteiger partial charge in [0.25, 0.3) is 5.89 Å². The molecule has 32 heavy (non-hydrogen) atoms. The molecule has 4 rings (SSSR count). The number of Topliss-reactive ketones (excluding diaryl/α,β-unsaturated/α-hetero) is 1. The number of carbonyl (C=O) groups excluding carboxylic acids is 1. The summed E-state index contributed by atoms with van der Waals surface area (Å²) >= 11 is 0. The van der Waals surface area contributed by atoms with E-state index in [0.717, 1.165) is 23.1 Å². The summed E-state index contributed by atoms with van der Waals surface area (Å²) in [7, 11) is 0. The van der Waals surface area contributed by atoms with Crippen molar-refractivity contribution in [1.82, 2.24) is 15.5 Å². The molecular weight excluding hydrogens is 406 g/mol. The monoisotopic (exact) mass is 431 g/mol. The summed E-state index contributed by atoms with van der Waals surface area (Å²) < 4.78 is 11.2. The van der Waals surface area contributed by atoms with Gasteiger partial charge in [-0.05, 0) is 56.1 Å². The van der Waals surface area contributed by atoms with Crippen molar-refractivity contribution in [2.45, 2.75) is 38.8 Å². The van der Waals surface area contributed by atoms with Crippen molar-refractivity contribution in [3.8, 4) is 34.7 Å². The van der Waals surface area contributed by atoms with Gasteiger partial charge < -0.3 is 20.3 Å². The minimum Gasteiger partial charge on any atom is -0.490 e. The van der Waals surface area contributed by atoms with Crippen LogP contribution in [-0.2, 0) is 11.2 Å². The van der Waals surface area contributed by atoms with Crippen molar-refractivity contribution < 1.29 is 14.1 Å². The predicted octanol–water partition coefficient (Wildman–Crippen LogP) is 3.17. The minimum atomic E-state index is -0.375. The molecular formula is C24H25N5O3. The average Bonchev–Trinajstić information content (AvgIpc) is 3.28. The molecule has 0 aliphatic carbocycles. The first-order valence-electron chi connectivity index (χ1n) is 10.6. The molecule has 3 aromatic rings. The smallest absolute Gasteiger partial charge is 0.258 e. The first-order valence-corrected chi connectivity index (χ1v) is 10.6. The topological polar surface area (TPSA) is 127 Å². The molecule has 0 amide bonds. The van der Waals surface area contributed by atoms with Gasteiger partial charge in [0.2, 0.25) is 5.82 Å². The second-order valence-corrected chi connectivity index (χ2v) is 7.93. The van der Waals surface area contributed by atoms with Crippen LogP contribution in [-0.4, -0.2) is 35.1 Å². The van der Waals surface area contributed by atoms with Gasteiger partial charge in [0.15, 0.2) is 5.78 Å². The van der Waals surface area contributed by atoms with Crippen LogP contribution in [0.25, 0.3) is 22.8 Å². The third-order valence-corrected chi connectivity index (χ3v) is 5.34. The molecule has 0 bridgehead atoms. The van der Waals surface area contributed by atoms with Crippen molar-refractivity contribution in [2.75, 3.05) is 13.1 Å². The first kappa shape index (κ1) is 21.7. The highest BCUT2D eigenvalue weighted by Gasteiger charge is 2.28. The second kappa shape index (κ2) is 9.30. The average molecular weight is 431 g/mol. The highest BCUT2D eigenvalue weighted by atomic mass is 16.5. The predicted molar refractivity (Wildman–Crippen MR) is 119 cm³/mol. The molecule has 1 aromatic heterocycles. The van der Waals surface area contributed by atoms with Crippen LogP contribution < -0.4 is 15.8 Å². The number of hydrogen-bond donors (Lipinski definition) is 2. The Bertz CT molecular complexity index is 1180. The molecule has 1 aliphatic heterocycles. The Labute approximate surface area is 186 Å². The SMILES string of the molecule is CC(C)Oc1ccc(-c2nc(-c3cccc4c3CCNC4C(=O)CCN)no2)cc1C#N. The van der Waals surface area contributed by atoms with E-state index >= 15 is 0 Å². The van der Waals surface area contributed by atoms with Gasteiger partial charge in [-0.15, -0.1) is 0 Å². The number of carbonyl (C=O) groups is 1. The number of nitrogens with zero attached hydrogens (tertiary/aromatic N) is 3. The fourth-order valence-electron chi connectivity index (χ4n) is 3.95. The number of aromatic nitrogens is 2. The van der Waals surface area contributed by atoms with E-state index in [1.54, 1.807) is 18.2 Å². The van der Waals surface area contributed by atoms with Crippen LogP contribution >= 0.6 is 0 Å². The van der Waals surface area contributed by atoms with Crippen LogP contribution in [0.5, 0.6) is 5.75 Å². The normalized spacial score (nSPS) is 15.3. The molecule has 1 aliphatic rings. The van der Waals surface area contributed by atoms with Gasteiger partial charge in [-0.25, -0.2) is 0 Å². The van der Waals surface area contributed by atoms with E-state index in [1.165, 1.54) is 0 Å². The van der Waals surface area contributed by atoms with Crippen molar-refractivity contribution in [3.63, 3.8) is 0 Å². The minimum absolute atomic E-state index is 0.0396. The number of ether oxygens (including phenoxy) is 1. The number of ketones is 1. The lowest BCUT2D eigenvalue weighted by atomic mass is 9.87. The summed E-state index contributed by atoms with van der Waals surface area (Å²) in [4.78, 5) is 17.1. The molecule has 2 heterocycles. The first-order chi connectivity index (χ1) is 15.5. The Kier molecular flexibility index (Phi) is 6.30. The molecule has 0 fully saturated rings. The van der Waals surface area contributed by atoms with Crippen LogP contribution in [0.2, 0.25) is 0 Å². The van der Waals surface area contributed by atoms with Gasteiger partial charge in [0, 0.05) is 24.1 Å². The summed E-state index contributed by atoms with van der Waals surface area (Å²) in [5, 5.41) is 17.0. The molecule has 3 N–H and O–H groups in total. The largest absolute Gasteiger partial charge is 0.490 e. The third-order valence-electron chi connectivity index (χ3n) is 5.34. The quantitative estimate of drug-likeness (QED) is 0.584. The zero-order chi connectivity index (χ0) is 22.7. The number of nitrogens with one attached hydrogen (secondary N) is 1. The molecule has 1 atom stereocenters. The number of nitriles is 1. The lowest BCUT2D eigenvalue weighted by Crippen LogP contribution is -2.36. The van der Waals surface area contributed by atoms with Crippen LogP contribution in [0, 0.1) is 11.3 Å². The van der Waals surface area contributed by atoms with Crippen LogP contribution in [0.4, 0.5) is 0 Å². The molecule has 8 heteroatoms. The maximum absolute atomic E-state index is 12.5. The van der Waals surface area contributed by atoms with Crippen molar-refractivity contribution >= 4 is 5.78 Å². The Balaban J connectivity index is 1.67. The number of rotatable bonds is 7. The fourth-order valence-corrected chi connectivity index (χ4v) is 3.95. The van der Waals surface area contributed by atoms with E-state index in [4.69, 9.17) is 15.0 Å². The number of nitrogens with two attached hydrogens (primary N) is 1. The Hall–Kier alpha value is -3.54. The number of benzene rings is 2.